The van der Waals surface area contributed by atoms with Crippen molar-refractivity contribution in [2.75, 3.05) is 20.6 Å². The molecule has 136 valence electrons. The number of imidazole rings is 1. The number of rotatable bonds is 4. The van der Waals surface area contributed by atoms with Crippen LogP contribution in [0.3, 0.4) is 0 Å². The number of para-hydroxylation sites is 2. The van der Waals surface area contributed by atoms with E-state index in [9.17, 15) is 4.79 Å². The van der Waals surface area contributed by atoms with Crippen LogP contribution in [0.4, 0.5) is 0 Å². The third-order valence-corrected chi connectivity index (χ3v) is 5.24. The van der Waals surface area contributed by atoms with E-state index in [1.165, 1.54) is 5.52 Å². The molecule has 1 aliphatic heterocycles. The number of hydrogen-bond donors (Lipinski definition) is 1. The van der Waals surface area contributed by atoms with Gasteiger partial charge in [-0.25, -0.2) is 4.98 Å². The van der Waals surface area contributed by atoms with Gasteiger partial charge in [0.1, 0.15) is 11.5 Å². The fourth-order valence-electron chi connectivity index (χ4n) is 3.89. The van der Waals surface area contributed by atoms with E-state index in [0.717, 1.165) is 43.0 Å². The van der Waals surface area contributed by atoms with E-state index in [0.29, 0.717) is 11.7 Å². The minimum atomic E-state index is 0.00423. The number of aromatic nitrogens is 3. The van der Waals surface area contributed by atoms with Crippen molar-refractivity contribution in [3.05, 3.63) is 53.6 Å². The van der Waals surface area contributed by atoms with Crippen molar-refractivity contribution in [3.63, 3.8) is 0 Å². The van der Waals surface area contributed by atoms with Gasteiger partial charge >= 0.3 is 0 Å². The Morgan fingerprint density at radius 3 is 2.85 bits per heavy atom. The Balaban J connectivity index is 1.57. The lowest BCUT2D eigenvalue weighted by Gasteiger charge is -2.23. The molecule has 1 saturated heterocycles. The van der Waals surface area contributed by atoms with Crippen molar-refractivity contribution in [1.82, 2.24) is 24.3 Å². The lowest BCUT2D eigenvalue weighted by Crippen LogP contribution is -2.25. The predicted octanol–water partition coefficient (Wildman–Crippen LogP) is 2.94. The summed E-state index contributed by atoms with van der Waals surface area (Å²) >= 11 is 0. The fourth-order valence-corrected chi connectivity index (χ4v) is 3.89. The van der Waals surface area contributed by atoms with E-state index in [2.05, 4.69) is 39.7 Å². The standard InChI is InChI=1S/C20H25N5O/c1-23(2)20(26)16-11-10-14(21-16)13-25-12-6-9-18(25)19-22-15-7-4-5-8-17(15)24(19)3/h4-5,7-8,10-11,18,21H,6,9,12-13H2,1-3H3. The molecule has 2 aromatic heterocycles. The van der Waals surface area contributed by atoms with E-state index in [4.69, 9.17) is 4.98 Å². The highest BCUT2D eigenvalue weighted by Crippen LogP contribution is 2.33. The van der Waals surface area contributed by atoms with Gasteiger partial charge in [-0.1, -0.05) is 12.1 Å². The highest BCUT2D eigenvalue weighted by molar-refractivity contribution is 5.92. The predicted molar refractivity (Wildman–Crippen MR) is 102 cm³/mol. The van der Waals surface area contributed by atoms with Gasteiger partial charge in [-0.3, -0.25) is 9.69 Å². The average Bonchev–Trinajstić information content (AvgIpc) is 3.34. The minimum absolute atomic E-state index is 0.00423. The Labute approximate surface area is 153 Å². The molecule has 3 aromatic rings. The van der Waals surface area contributed by atoms with Crippen LogP contribution in [-0.2, 0) is 13.6 Å². The number of aryl methyl sites for hydroxylation is 1. The topological polar surface area (TPSA) is 57.2 Å². The molecular weight excluding hydrogens is 326 g/mol. The number of carbonyl (C=O) groups is 1. The van der Waals surface area contributed by atoms with Crippen LogP contribution in [0.2, 0.25) is 0 Å². The molecule has 1 atom stereocenters. The van der Waals surface area contributed by atoms with Crippen molar-refractivity contribution < 1.29 is 4.79 Å². The molecule has 1 N–H and O–H groups in total. The second-order valence-electron chi connectivity index (χ2n) is 7.24. The summed E-state index contributed by atoms with van der Waals surface area (Å²) in [6.45, 7) is 1.85. The van der Waals surface area contributed by atoms with Crippen LogP contribution in [0.1, 0.15) is 40.9 Å². The molecule has 6 nitrogen and oxygen atoms in total. The van der Waals surface area contributed by atoms with Gasteiger partial charge in [-0.15, -0.1) is 0 Å². The van der Waals surface area contributed by atoms with Crippen LogP contribution in [0.25, 0.3) is 11.0 Å². The molecule has 26 heavy (non-hydrogen) atoms. The largest absolute Gasteiger partial charge is 0.353 e. The third kappa shape index (κ3) is 2.90. The van der Waals surface area contributed by atoms with E-state index in [-0.39, 0.29) is 5.91 Å². The molecule has 1 amide bonds. The first kappa shape index (κ1) is 16.8. The molecule has 1 aliphatic rings. The zero-order chi connectivity index (χ0) is 18.3. The number of amides is 1. The molecule has 3 heterocycles. The van der Waals surface area contributed by atoms with E-state index >= 15 is 0 Å². The van der Waals surface area contributed by atoms with Crippen molar-refractivity contribution in [3.8, 4) is 0 Å². The number of nitrogens with one attached hydrogen (secondary N) is 1. The van der Waals surface area contributed by atoms with Crippen LogP contribution in [0.5, 0.6) is 0 Å². The lowest BCUT2D eigenvalue weighted by atomic mass is 10.2. The van der Waals surface area contributed by atoms with Crippen molar-refractivity contribution >= 4 is 16.9 Å². The summed E-state index contributed by atoms with van der Waals surface area (Å²) in [7, 11) is 5.64. The second-order valence-corrected chi connectivity index (χ2v) is 7.24. The summed E-state index contributed by atoms with van der Waals surface area (Å²) < 4.78 is 2.22. The molecule has 0 bridgehead atoms. The summed E-state index contributed by atoms with van der Waals surface area (Å²) in [6.07, 6.45) is 2.28. The first-order valence-corrected chi connectivity index (χ1v) is 9.09. The molecule has 6 heteroatoms. The summed E-state index contributed by atoms with van der Waals surface area (Å²) in [5, 5.41) is 0. The maximum atomic E-state index is 12.1. The Kier molecular flexibility index (Phi) is 4.28. The Morgan fingerprint density at radius 2 is 2.08 bits per heavy atom. The molecule has 0 saturated carbocycles. The molecular formula is C20H25N5O. The van der Waals surface area contributed by atoms with Crippen LogP contribution in [-0.4, -0.2) is 50.9 Å². The maximum absolute atomic E-state index is 12.1. The minimum Gasteiger partial charge on any atom is -0.353 e. The van der Waals surface area contributed by atoms with Gasteiger partial charge in [0.15, 0.2) is 0 Å². The number of hydrogen-bond acceptors (Lipinski definition) is 3. The molecule has 1 fully saturated rings. The zero-order valence-electron chi connectivity index (χ0n) is 15.6. The third-order valence-electron chi connectivity index (χ3n) is 5.24. The Morgan fingerprint density at radius 1 is 1.27 bits per heavy atom. The molecule has 0 aliphatic carbocycles. The molecule has 1 unspecified atom stereocenters. The summed E-state index contributed by atoms with van der Waals surface area (Å²) in [4.78, 5) is 24.3. The number of fused-ring (bicyclic) bond motifs is 1. The van der Waals surface area contributed by atoms with Gasteiger partial charge in [0, 0.05) is 33.4 Å². The van der Waals surface area contributed by atoms with E-state index in [1.54, 1.807) is 19.0 Å². The van der Waals surface area contributed by atoms with E-state index in [1.807, 2.05) is 18.2 Å². The van der Waals surface area contributed by atoms with Crippen LogP contribution in [0, 0.1) is 0 Å². The Hall–Kier alpha value is -2.60. The number of likely N-dealkylation sites (tertiary alicyclic amines) is 1. The van der Waals surface area contributed by atoms with Crippen LogP contribution >= 0.6 is 0 Å². The average molecular weight is 351 g/mol. The van der Waals surface area contributed by atoms with Gasteiger partial charge < -0.3 is 14.5 Å². The fraction of sp³-hybridized carbons (Fsp3) is 0.400. The van der Waals surface area contributed by atoms with Crippen molar-refractivity contribution in [2.24, 2.45) is 7.05 Å². The lowest BCUT2D eigenvalue weighted by molar-refractivity contribution is 0.0822. The van der Waals surface area contributed by atoms with Gasteiger partial charge in [-0.2, -0.15) is 0 Å². The molecule has 1 aromatic carbocycles. The van der Waals surface area contributed by atoms with Gasteiger partial charge in [0.25, 0.3) is 5.91 Å². The molecule has 0 spiro atoms. The monoisotopic (exact) mass is 351 g/mol. The highest BCUT2D eigenvalue weighted by Gasteiger charge is 2.30. The first-order valence-electron chi connectivity index (χ1n) is 9.09. The summed E-state index contributed by atoms with van der Waals surface area (Å²) in [6, 6.07) is 12.5. The van der Waals surface area contributed by atoms with Crippen LogP contribution < -0.4 is 0 Å². The summed E-state index contributed by atoms with van der Waals surface area (Å²) in [5.74, 6) is 1.13. The van der Waals surface area contributed by atoms with Gasteiger partial charge in [0.05, 0.1) is 17.1 Å². The second kappa shape index (κ2) is 6.61. The highest BCUT2D eigenvalue weighted by atomic mass is 16.2. The summed E-state index contributed by atoms with van der Waals surface area (Å²) in [5.41, 5.74) is 3.94. The first-order chi connectivity index (χ1) is 12.5. The van der Waals surface area contributed by atoms with Gasteiger partial charge in [0.2, 0.25) is 0 Å². The number of aromatic amines is 1. The van der Waals surface area contributed by atoms with Crippen molar-refractivity contribution in [2.45, 2.75) is 25.4 Å². The number of nitrogens with zero attached hydrogens (tertiary/aromatic N) is 4. The zero-order valence-corrected chi connectivity index (χ0v) is 15.6. The maximum Gasteiger partial charge on any atom is 0.269 e. The quantitative estimate of drug-likeness (QED) is 0.786. The molecule has 0 radical (unpaired) electrons. The smallest absolute Gasteiger partial charge is 0.269 e. The van der Waals surface area contributed by atoms with E-state index < -0.39 is 0 Å². The van der Waals surface area contributed by atoms with Gasteiger partial charge in [-0.05, 0) is 43.7 Å². The molecule has 4 rings (SSSR count). The normalized spacial score (nSPS) is 17.9. The number of H-pyrrole nitrogens is 1. The SMILES string of the molecule is CN(C)C(=O)c1ccc(CN2CCCC2c2nc3ccccc3n2C)[nH]1. The Bertz CT molecular complexity index is 939. The van der Waals surface area contributed by atoms with Crippen molar-refractivity contribution in [1.29, 1.82) is 0 Å². The number of benzene rings is 1. The number of carbonyl (C=O) groups excluding carboxylic acids is 1. The van der Waals surface area contributed by atoms with Crippen LogP contribution in [0.15, 0.2) is 36.4 Å².